The van der Waals surface area contributed by atoms with E-state index >= 15 is 0 Å². The van der Waals surface area contributed by atoms with Gasteiger partial charge in [-0.25, -0.2) is 0 Å². The summed E-state index contributed by atoms with van der Waals surface area (Å²) >= 11 is 1.91. The lowest BCUT2D eigenvalue weighted by molar-refractivity contribution is 0.123. The third-order valence-electron chi connectivity index (χ3n) is 9.56. The van der Waals surface area contributed by atoms with E-state index in [0.29, 0.717) is 11.5 Å². The molecular weight excluding hydrogens is 649 g/mol. The molecule has 0 amide bonds. The highest BCUT2D eigenvalue weighted by atomic mass is 32.2. The first-order valence-electron chi connectivity index (χ1n) is 17.9. The first kappa shape index (κ1) is 41.2. The van der Waals surface area contributed by atoms with Crippen LogP contribution in [0, 0.1) is 0 Å². The highest BCUT2D eigenvalue weighted by Crippen LogP contribution is 2.38. The molecule has 0 saturated heterocycles. The first-order valence-corrected chi connectivity index (χ1v) is 21.0. The molecule has 49 heavy (non-hydrogen) atoms. The lowest BCUT2D eigenvalue weighted by Gasteiger charge is -2.28. The monoisotopic (exact) mass is 712 g/mol. The van der Waals surface area contributed by atoms with Crippen molar-refractivity contribution in [2.24, 2.45) is 9.98 Å². The Bertz CT molecular complexity index is 1430. The summed E-state index contributed by atoms with van der Waals surface area (Å²) in [6.45, 7) is 19.4. The Morgan fingerprint density at radius 2 is 1.20 bits per heavy atom. The molecule has 0 aliphatic heterocycles. The predicted octanol–water partition coefficient (Wildman–Crippen LogP) is 9.38. The van der Waals surface area contributed by atoms with Gasteiger partial charge in [0.15, 0.2) is 0 Å². The maximum atomic E-state index is 11.4. The van der Waals surface area contributed by atoms with Crippen LogP contribution in [0.4, 0.5) is 0 Å². The van der Waals surface area contributed by atoms with Crippen molar-refractivity contribution in [3.63, 3.8) is 0 Å². The van der Waals surface area contributed by atoms with Gasteiger partial charge in [0.25, 0.3) is 0 Å². The number of phenolic OH excluding ortho intramolecular Hbond substituents is 2. The van der Waals surface area contributed by atoms with Crippen molar-refractivity contribution in [2.75, 3.05) is 32.8 Å². The number of benzene rings is 2. The molecular formula is C40H64N2O5SSi. The van der Waals surface area contributed by atoms with E-state index in [2.05, 4.69) is 86.6 Å². The number of rotatable bonds is 14. The molecule has 0 unspecified atom stereocenters. The number of hydrogen-bond donors (Lipinski definition) is 2. The molecule has 0 spiro atoms. The van der Waals surface area contributed by atoms with E-state index in [4.69, 9.17) is 23.3 Å². The van der Waals surface area contributed by atoms with Crippen molar-refractivity contribution in [1.82, 2.24) is 0 Å². The minimum atomic E-state index is -2.53. The van der Waals surface area contributed by atoms with Crippen molar-refractivity contribution in [3.8, 4) is 11.5 Å². The highest BCUT2D eigenvalue weighted by molar-refractivity contribution is 7.99. The van der Waals surface area contributed by atoms with Gasteiger partial charge < -0.3 is 23.5 Å². The normalized spacial score (nSPS) is 18.2. The number of aryl methyl sites for hydroxylation is 1. The zero-order valence-electron chi connectivity index (χ0n) is 32.4. The fourth-order valence-corrected chi connectivity index (χ4v) is 9.24. The van der Waals surface area contributed by atoms with E-state index in [-0.39, 0.29) is 28.3 Å². The minimum absolute atomic E-state index is 0.0127. The molecule has 1 aliphatic carbocycles. The Morgan fingerprint density at radius 1 is 0.714 bits per heavy atom. The van der Waals surface area contributed by atoms with Crippen LogP contribution in [0.15, 0.2) is 34.3 Å². The summed E-state index contributed by atoms with van der Waals surface area (Å²) in [5, 5.41) is 22.7. The molecule has 2 aromatic carbocycles. The molecule has 0 radical (unpaired) electrons. The van der Waals surface area contributed by atoms with Crippen LogP contribution in [0.25, 0.3) is 0 Å². The maximum absolute atomic E-state index is 11.4. The van der Waals surface area contributed by atoms with Crippen LogP contribution in [0.3, 0.4) is 0 Å². The largest absolute Gasteiger partial charge is 0.507 e. The van der Waals surface area contributed by atoms with E-state index in [1.165, 1.54) is 11.1 Å². The molecule has 1 saturated carbocycles. The molecule has 3 rings (SSSR count). The lowest BCUT2D eigenvalue weighted by atomic mass is 9.79. The number of aromatic hydroxyl groups is 2. The van der Waals surface area contributed by atoms with Gasteiger partial charge in [0.2, 0.25) is 0 Å². The van der Waals surface area contributed by atoms with Crippen LogP contribution in [0.5, 0.6) is 11.5 Å². The molecule has 2 N–H and O–H groups in total. The van der Waals surface area contributed by atoms with Crippen LogP contribution < -0.4 is 0 Å². The second-order valence-corrected chi connectivity index (χ2v) is 20.8. The van der Waals surface area contributed by atoms with E-state index in [1.54, 1.807) is 21.3 Å². The third kappa shape index (κ3) is 11.4. The van der Waals surface area contributed by atoms with Crippen LogP contribution in [0.2, 0.25) is 6.04 Å². The Morgan fingerprint density at radius 3 is 1.67 bits per heavy atom. The summed E-state index contributed by atoms with van der Waals surface area (Å²) in [6.07, 6.45) is 9.72. The Balaban J connectivity index is 1.81. The Kier molecular flexibility index (Phi) is 14.6. The zero-order chi connectivity index (χ0) is 36.6. The van der Waals surface area contributed by atoms with Gasteiger partial charge in [-0.05, 0) is 76.7 Å². The summed E-state index contributed by atoms with van der Waals surface area (Å²) in [5.74, 6) is 2.60. The third-order valence-corrected chi connectivity index (χ3v) is 13.5. The molecule has 1 aliphatic rings. The second kappa shape index (κ2) is 17.4. The van der Waals surface area contributed by atoms with Crippen LogP contribution in [-0.2, 0) is 35.9 Å². The fourth-order valence-electron chi connectivity index (χ4n) is 6.32. The van der Waals surface area contributed by atoms with Crippen molar-refractivity contribution in [3.05, 3.63) is 57.6 Å². The zero-order valence-corrected chi connectivity index (χ0v) is 34.2. The standard InChI is InChI=1S/C40H64N2O5SSi/c1-38(2,3)31-24-30(37(44)33(25-31)40(7,8)9)27-42-35-17-14-13-16-34(35)41-26-29-22-28(23-32(36(29)43)39(4,5)6)18-20-48-19-15-21-49(45-10,46-11)47-12/h22-27,34-35,43-44H,13-21H2,1-12H3/t34-,35-/m1/s1. The number of phenols is 2. The minimum Gasteiger partial charge on any atom is -0.507 e. The van der Waals surface area contributed by atoms with Gasteiger partial charge in [-0.1, -0.05) is 87.3 Å². The smallest absolute Gasteiger partial charge is 0.500 e. The van der Waals surface area contributed by atoms with Crippen molar-refractivity contribution < 1.29 is 23.5 Å². The topological polar surface area (TPSA) is 92.9 Å². The molecule has 9 heteroatoms. The number of nitrogens with zero attached hydrogens (tertiary/aromatic N) is 2. The second-order valence-electron chi connectivity index (χ2n) is 16.5. The molecule has 7 nitrogen and oxygen atoms in total. The van der Waals surface area contributed by atoms with Gasteiger partial charge >= 0.3 is 8.80 Å². The van der Waals surface area contributed by atoms with Gasteiger partial charge in [-0.2, -0.15) is 11.8 Å². The lowest BCUT2D eigenvalue weighted by Crippen LogP contribution is -2.42. The van der Waals surface area contributed by atoms with Gasteiger partial charge in [-0.15, -0.1) is 0 Å². The number of thioether (sulfide) groups is 1. The average molecular weight is 713 g/mol. The van der Waals surface area contributed by atoms with Crippen LogP contribution in [0.1, 0.15) is 128 Å². The van der Waals surface area contributed by atoms with Gasteiger partial charge in [0.05, 0.1) is 12.1 Å². The van der Waals surface area contributed by atoms with E-state index in [9.17, 15) is 10.2 Å². The summed E-state index contributed by atoms with van der Waals surface area (Å²) in [5.41, 5.74) is 5.34. The molecule has 2 atom stereocenters. The molecule has 0 heterocycles. The van der Waals surface area contributed by atoms with Gasteiger partial charge in [0, 0.05) is 62.1 Å². The molecule has 2 aromatic rings. The maximum Gasteiger partial charge on any atom is 0.500 e. The molecule has 0 aromatic heterocycles. The van der Waals surface area contributed by atoms with E-state index < -0.39 is 8.80 Å². The first-order chi connectivity index (χ1) is 22.8. The Hall–Kier alpha value is -2.17. The van der Waals surface area contributed by atoms with Crippen molar-refractivity contribution in [2.45, 2.75) is 135 Å². The van der Waals surface area contributed by atoms with Gasteiger partial charge in [0.1, 0.15) is 11.5 Å². The average Bonchev–Trinajstić information content (AvgIpc) is 3.03. The molecule has 274 valence electrons. The Labute approximate surface area is 302 Å². The predicted molar refractivity (Wildman–Crippen MR) is 211 cm³/mol. The number of hydrogen-bond acceptors (Lipinski definition) is 8. The molecule has 1 fully saturated rings. The quantitative estimate of drug-likeness (QED) is 0.115. The van der Waals surface area contributed by atoms with Crippen molar-refractivity contribution >= 4 is 33.0 Å². The van der Waals surface area contributed by atoms with E-state index in [0.717, 1.165) is 78.3 Å². The summed E-state index contributed by atoms with van der Waals surface area (Å²) in [4.78, 5) is 10.1. The van der Waals surface area contributed by atoms with Crippen molar-refractivity contribution in [1.29, 1.82) is 0 Å². The summed E-state index contributed by atoms with van der Waals surface area (Å²) < 4.78 is 16.7. The molecule has 0 bridgehead atoms. The van der Waals surface area contributed by atoms with Gasteiger partial charge in [-0.3, -0.25) is 9.98 Å². The van der Waals surface area contributed by atoms with Crippen LogP contribution >= 0.6 is 11.8 Å². The SMILES string of the molecule is CO[Si](CCCSCCc1cc(C=N[C@@H]2CCCC[C@H]2N=Cc2cc(C(C)(C)C)cc(C(C)(C)C)c2O)c(O)c(C(C)(C)C)c1)(OC)OC. The number of aliphatic imine (C=N–C) groups is 2. The highest BCUT2D eigenvalue weighted by Gasteiger charge is 2.36. The summed E-state index contributed by atoms with van der Waals surface area (Å²) in [6, 6.07) is 9.30. The van der Waals surface area contributed by atoms with E-state index in [1.807, 2.05) is 24.2 Å². The fraction of sp³-hybridized carbons (Fsp3) is 0.650. The van der Waals surface area contributed by atoms with Crippen LogP contribution in [-0.4, -0.2) is 76.4 Å². The summed E-state index contributed by atoms with van der Waals surface area (Å²) in [7, 11) is 2.45.